The van der Waals surface area contributed by atoms with Gasteiger partial charge in [-0.25, -0.2) is 4.79 Å². The van der Waals surface area contributed by atoms with Crippen molar-refractivity contribution in [3.8, 4) is 11.1 Å². The van der Waals surface area contributed by atoms with Crippen LogP contribution in [0.5, 0.6) is 0 Å². The van der Waals surface area contributed by atoms with Gasteiger partial charge in [-0.05, 0) is 29.0 Å². The number of carboxylic acid groups (broad SMARTS) is 1. The number of hydrogen-bond donors (Lipinski definition) is 3. The molecule has 0 bridgehead atoms. The highest BCUT2D eigenvalue weighted by Gasteiger charge is 2.33. The van der Waals surface area contributed by atoms with Crippen molar-refractivity contribution in [1.82, 2.24) is 4.90 Å². The molecular weight excluding hydrogens is 394 g/mol. The first-order valence-electron chi connectivity index (χ1n) is 10.5. The third kappa shape index (κ3) is 6.07. The van der Waals surface area contributed by atoms with Crippen molar-refractivity contribution in [3.05, 3.63) is 59.7 Å². The molecule has 0 spiro atoms. The van der Waals surface area contributed by atoms with Crippen LogP contribution in [0.25, 0.3) is 11.1 Å². The molecule has 0 fully saturated rings. The zero-order valence-corrected chi connectivity index (χ0v) is 18.3. The Kier molecular flexibility index (Phi) is 8.61. The number of nitrogens with two attached hydrogens (primary N) is 1. The second kappa shape index (κ2) is 11.2. The number of amides is 1. The number of carboxylic acids is 1. The van der Waals surface area contributed by atoms with Crippen LogP contribution in [0, 0.1) is 5.92 Å². The lowest BCUT2D eigenvalue weighted by Gasteiger charge is -2.33. The molecule has 2 atom stereocenters. The fourth-order valence-corrected chi connectivity index (χ4v) is 3.50. The van der Waals surface area contributed by atoms with E-state index in [-0.39, 0.29) is 24.2 Å². The fourth-order valence-electron chi connectivity index (χ4n) is 3.50. The van der Waals surface area contributed by atoms with Crippen LogP contribution in [-0.4, -0.2) is 39.0 Å². The summed E-state index contributed by atoms with van der Waals surface area (Å²) in [5, 5.41) is 21.5. The van der Waals surface area contributed by atoms with Crippen LogP contribution in [0.1, 0.15) is 51.2 Å². The van der Waals surface area contributed by atoms with Crippen molar-refractivity contribution in [2.75, 3.05) is 0 Å². The van der Waals surface area contributed by atoms with Crippen LogP contribution in [0.15, 0.2) is 53.7 Å². The lowest BCUT2D eigenvalue weighted by Crippen LogP contribution is -2.48. The topological polar surface area (TPSA) is 116 Å². The van der Waals surface area contributed by atoms with E-state index in [1.807, 2.05) is 57.2 Å². The Balaban J connectivity index is 2.26. The molecule has 7 heteroatoms. The SMILES string of the molecule is CCCC(=O)N(Cc1ccc(-c2ccc(/C(N)=N/O)cc2)cc1)[C@H](C(=O)O)[C@@H](C)CC. The first kappa shape index (κ1) is 23.9. The van der Waals surface area contributed by atoms with E-state index in [1.54, 1.807) is 12.1 Å². The number of carbonyl (C=O) groups excluding carboxylic acids is 1. The molecular formula is C24H31N3O4. The lowest BCUT2D eigenvalue weighted by atomic mass is 9.96. The predicted molar refractivity (Wildman–Crippen MR) is 121 cm³/mol. The van der Waals surface area contributed by atoms with E-state index in [0.29, 0.717) is 24.8 Å². The lowest BCUT2D eigenvalue weighted by molar-refractivity contribution is -0.153. The number of carbonyl (C=O) groups is 2. The number of amidine groups is 1. The Labute approximate surface area is 183 Å². The molecule has 2 rings (SSSR count). The van der Waals surface area contributed by atoms with E-state index in [0.717, 1.165) is 16.7 Å². The fraction of sp³-hybridized carbons (Fsp3) is 0.375. The van der Waals surface area contributed by atoms with Crippen LogP contribution < -0.4 is 5.73 Å². The molecule has 7 nitrogen and oxygen atoms in total. The Morgan fingerprint density at radius 3 is 2.03 bits per heavy atom. The van der Waals surface area contributed by atoms with Gasteiger partial charge in [0.1, 0.15) is 6.04 Å². The highest BCUT2D eigenvalue weighted by molar-refractivity contribution is 5.97. The monoisotopic (exact) mass is 425 g/mol. The van der Waals surface area contributed by atoms with E-state index in [1.165, 1.54) is 4.90 Å². The van der Waals surface area contributed by atoms with Crippen LogP contribution in [0.4, 0.5) is 0 Å². The highest BCUT2D eigenvalue weighted by Crippen LogP contribution is 2.23. The molecule has 0 saturated carbocycles. The van der Waals surface area contributed by atoms with Gasteiger partial charge in [0.25, 0.3) is 0 Å². The van der Waals surface area contributed by atoms with Gasteiger partial charge in [0, 0.05) is 18.5 Å². The summed E-state index contributed by atoms with van der Waals surface area (Å²) in [7, 11) is 0. The maximum atomic E-state index is 12.7. The summed E-state index contributed by atoms with van der Waals surface area (Å²) < 4.78 is 0. The van der Waals surface area contributed by atoms with Gasteiger partial charge in [-0.2, -0.15) is 0 Å². The number of aliphatic carboxylic acids is 1. The second-order valence-electron chi connectivity index (χ2n) is 7.70. The second-order valence-corrected chi connectivity index (χ2v) is 7.70. The number of oxime groups is 1. The minimum Gasteiger partial charge on any atom is -0.480 e. The van der Waals surface area contributed by atoms with E-state index in [9.17, 15) is 14.7 Å². The number of benzene rings is 2. The Morgan fingerprint density at radius 2 is 1.58 bits per heavy atom. The van der Waals surface area contributed by atoms with Gasteiger partial charge in [0.2, 0.25) is 5.91 Å². The molecule has 4 N–H and O–H groups in total. The maximum absolute atomic E-state index is 12.7. The molecule has 166 valence electrons. The van der Waals surface area contributed by atoms with Crippen LogP contribution in [0.3, 0.4) is 0 Å². The van der Waals surface area contributed by atoms with Gasteiger partial charge >= 0.3 is 5.97 Å². The minimum atomic E-state index is -0.971. The first-order valence-corrected chi connectivity index (χ1v) is 10.5. The van der Waals surface area contributed by atoms with Crippen molar-refractivity contribution < 1.29 is 19.9 Å². The average molecular weight is 426 g/mol. The molecule has 0 unspecified atom stereocenters. The minimum absolute atomic E-state index is 0.0491. The van der Waals surface area contributed by atoms with E-state index in [2.05, 4.69) is 5.16 Å². The molecule has 0 aliphatic rings. The zero-order chi connectivity index (χ0) is 23.0. The predicted octanol–water partition coefficient (Wildman–Crippen LogP) is 4.08. The Hall–Kier alpha value is -3.35. The van der Waals surface area contributed by atoms with E-state index >= 15 is 0 Å². The van der Waals surface area contributed by atoms with Gasteiger partial charge in [0.15, 0.2) is 5.84 Å². The molecule has 0 radical (unpaired) electrons. The molecule has 0 heterocycles. The van der Waals surface area contributed by atoms with Crippen molar-refractivity contribution >= 4 is 17.7 Å². The van der Waals surface area contributed by atoms with Gasteiger partial charge in [-0.1, -0.05) is 80.9 Å². The molecule has 0 aromatic heterocycles. The smallest absolute Gasteiger partial charge is 0.326 e. The van der Waals surface area contributed by atoms with Crippen LogP contribution in [-0.2, 0) is 16.1 Å². The van der Waals surface area contributed by atoms with Crippen molar-refractivity contribution in [1.29, 1.82) is 0 Å². The largest absolute Gasteiger partial charge is 0.480 e. The number of hydrogen-bond acceptors (Lipinski definition) is 4. The summed E-state index contributed by atoms with van der Waals surface area (Å²) >= 11 is 0. The van der Waals surface area contributed by atoms with Gasteiger partial charge < -0.3 is 20.9 Å². The average Bonchev–Trinajstić information content (AvgIpc) is 2.78. The summed E-state index contributed by atoms with van der Waals surface area (Å²) in [5.74, 6) is -1.21. The molecule has 2 aromatic carbocycles. The van der Waals surface area contributed by atoms with Gasteiger partial charge in [0.05, 0.1) is 0 Å². The summed E-state index contributed by atoms with van der Waals surface area (Å²) in [6.07, 6.45) is 1.67. The zero-order valence-electron chi connectivity index (χ0n) is 18.3. The third-order valence-corrected chi connectivity index (χ3v) is 5.48. The molecule has 1 amide bonds. The highest BCUT2D eigenvalue weighted by atomic mass is 16.4. The normalized spacial score (nSPS) is 13.5. The van der Waals surface area contributed by atoms with Crippen molar-refractivity contribution in [2.45, 2.75) is 52.6 Å². The van der Waals surface area contributed by atoms with E-state index in [4.69, 9.17) is 10.9 Å². The van der Waals surface area contributed by atoms with Gasteiger partial charge in [-0.3, -0.25) is 4.79 Å². The molecule has 2 aromatic rings. The Bertz CT molecular complexity index is 907. The van der Waals surface area contributed by atoms with Crippen molar-refractivity contribution in [3.63, 3.8) is 0 Å². The summed E-state index contributed by atoms with van der Waals surface area (Å²) in [4.78, 5) is 26.2. The van der Waals surface area contributed by atoms with Crippen LogP contribution >= 0.6 is 0 Å². The first-order chi connectivity index (χ1) is 14.8. The van der Waals surface area contributed by atoms with E-state index < -0.39 is 12.0 Å². The summed E-state index contributed by atoms with van der Waals surface area (Å²) in [6.45, 7) is 5.97. The number of rotatable bonds is 10. The van der Waals surface area contributed by atoms with Crippen LogP contribution in [0.2, 0.25) is 0 Å². The molecule has 0 aliphatic heterocycles. The quantitative estimate of drug-likeness (QED) is 0.230. The molecule has 31 heavy (non-hydrogen) atoms. The molecule has 0 saturated heterocycles. The van der Waals surface area contributed by atoms with Crippen molar-refractivity contribution in [2.24, 2.45) is 16.8 Å². The third-order valence-electron chi connectivity index (χ3n) is 5.48. The summed E-state index contributed by atoms with van der Waals surface area (Å²) in [5.41, 5.74) is 9.02. The number of nitrogens with zero attached hydrogens (tertiary/aromatic N) is 2. The maximum Gasteiger partial charge on any atom is 0.326 e. The summed E-state index contributed by atoms with van der Waals surface area (Å²) in [6, 6.07) is 14.1. The Morgan fingerprint density at radius 1 is 1.03 bits per heavy atom. The van der Waals surface area contributed by atoms with Gasteiger partial charge in [-0.15, -0.1) is 0 Å². The molecule has 0 aliphatic carbocycles. The standard InChI is InChI=1S/C24H31N3O4/c1-4-6-21(28)27(22(24(29)30)16(3)5-2)15-17-7-9-18(10-8-17)19-11-13-20(14-12-19)23(25)26-31/h7-14,16,22,31H,4-6,15H2,1-3H3,(H2,25,26)(H,29,30)/t16-,22-/m0/s1.